The van der Waals surface area contributed by atoms with E-state index in [1.165, 1.54) is 6.08 Å². The number of rotatable bonds is 4. The molecule has 5 heteroatoms. The van der Waals surface area contributed by atoms with Gasteiger partial charge >= 0.3 is 0 Å². The molecule has 22 heavy (non-hydrogen) atoms. The molecular formula is C17H20ClN3O. The summed E-state index contributed by atoms with van der Waals surface area (Å²) < 4.78 is 1.81. The van der Waals surface area contributed by atoms with Crippen LogP contribution in [0, 0.1) is 13.8 Å². The topological polar surface area (TPSA) is 46.9 Å². The number of hydrogen-bond donors (Lipinski definition) is 1. The van der Waals surface area contributed by atoms with Gasteiger partial charge in [0.1, 0.15) is 0 Å². The van der Waals surface area contributed by atoms with Crippen molar-refractivity contribution in [3.63, 3.8) is 0 Å². The first-order valence-electron chi connectivity index (χ1n) is 7.12. The summed E-state index contributed by atoms with van der Waals surface area (Å²) in [5.41, 5.74) is 3.90. The van der Waals surface area contributed by atoms with E-state index < -0.39 is 0 Å². The second-order valence-electron chi connectivity index (χ2n) is 5.33. The number of halogens is 1. The quantitative estimate of drug-likeness (QED) is 0.876. The Morgan fingerprint density at radius 3 is 2.73 bits per heavy atom. The smallest absolute Gasteiger partial charge is 0.244 e. The van der Waals surface area contributed by atoms with Gasteiger partial charge in [-0.1, -0.05) is 23.7 Å². The highest BCUT2D eigenvalue weighted by Gasteiger charge is 2.09. The monoisotopic (exact) mass is 317 g/mol. The van der Waals surface area contributed by atoms with Gasteiger partial charge in [-0.2, -0.15) is 5.10 Å². The fraction of sp³-hybridized carbons (Fsp3) is 0.294. The van der Waals surface area contributed by atoms with E-state index in [-0.39, 0.29) is 11.9 Å². The summed E-state index contributed by atoms with van der Waals surface area (Å²) in [7, 11) is 1.89. The van der Waals surface area contributed by atoms with Gasteiger partial charge in [0, 0.05) is 29.4 Å². The second kappa shape index (κ2) is 6.79. The lowest BCUT2D eigenvalue weighted by Gasteiger charge is -2.13. The normalized spacial score (nSPS) is 12.6. The molecule has 1 N–H and O–H groups in total. The van der Waals surface area contributed by atoms with Gasteiger partial charge in [-0.05, 0) is 44.5 Å². The number of aryl methyl sites for hydroxylation is 2. The Kier molecular flexibility index (Phi) is 5.03. The van der Waals surface area contributed by atoms with Crippen molar-refractivity contribution in [2.75, 3.05) is 0 Å². The molecule has 116 valence electrons. The zero-order chi connectivity index (χ0) is 16.3. The number of carbonyl (C=O) groups excluding carboxylic acids is 1. The number of nitrogens with one attached hydrogen (secondary N) is 1. The Morgan fingerprint density at radius 2 is 2.14 bits per heavy atom. The molecule has 4 nitrogen and oxygen atoms in total. The highest BCUT2D eigenvalue weighted by Crippen LogP contribution is 2.17. The van der Waals surface area contributed by atoms with Crippen LogP contribution in [0.1, 0.15) is 35.5 Å². The van der Waals surface area contributed by atoms with Crippen molar-refractivity contribution in [3.05, 3.63) is 57.9 Å². The molecule has 1 atom stereocenters. The number of aromatic nitrogens is 2. The molecule has 1 aromatic carbocycles. The Bertz CT molecular complexity index is 719. The van der Waals surface area contributed by atoms with Gasteiger partial charge in [0.25, 0.3) is 0 Å². The SMILES string of the molecule is Cc1nn(C)c(C)c1/C=C/C(=O)NC(C)c1cccc(Cl)c1. The third kappa shape index (κ3) is 3.77. The van der Waals surface area contributed by atoms with Gasteiger partial charge in [0.05, 0.1) is 11.7 Å². The van der Waals surface area contributed by atoms with E-state index in [4.69, 9.17) is 11.6 Å². The van der Waals surface area contributed by atoms with Crippen molar-refractivity contribution in [2.24, 2.45) is 7.05 Å². The summed E-state index contributed by atoms with van der Waals surface area (Å²) in [6.45, 7) is 5.84. The molecular weight excluding hydrogens is 298 g/mol. The molecule has 1 amide bonds. The van der Waals surface area contributed by atoms with E-state index in [1.54, 1.807) is 6.08 Å². The summed E-state index contributed by atoms with van der Waals surface area (Å²) in [5.74, 6) is -0.143. The largest absolute Gasteiger partial charge is 0.346 e. The van der Waals surface area contributed by atoms with Crippen LogP contribution in [0.25, 0.3) is 6.08 Å². The van der Waals surface area contributed by atoms with Gasteiger partial charge in [0.2, 0.25) is 5.91 Å². The third-order valence-electron chi connectivity index (χ3n) is 3.67. The lowest BCUT2D eigenvalue weighted by molar-refractivity contribution is -0.117. The van der Waals surface area contributed by atoms with Crippen LogP contribution in [-0.2, 0) is 11.8 Å². The summed E-state index contributed by atoms with van der Waals surface area (Å²) in [5, 5.41) is 7.92. The Hall–Kier alpha value is -2.07. The van der Waals surface area contributed by atoms with E-state index in [9.17, 15) is 4.79 Å². The van der Waals surface area contributed by atoms with Crippen molar-refractivity contribution >= 4 is 23.6 Å². The molecule has 2 aromatic rings. The van der Waals surface area contributed by atoms with Crippen LogP contribution in [0.2, 0.25) is 5.02 Å². The van der Waals surface area contributed by atoms with Gasteiger partial charge in [-0.3, -0.25) is 9.48 Å². The maximum Gasteiger partial charge on any atom is 0.244 e. The van der Waals surface area contributed by atoms with E-state index in [2.05, 4.69) is 10.4 Å². The highest BCUT2D eigenvalue weighted by molar-refractivity contribution is 6.30. The zero-order valence-corrected chi connectivity index (χ0v) is 14.0. The van der Waals surface area contributed by atoms with Crippen LogP contribution in [-0.4, -0.2) is 15.7 Å². The van der Waals surface area contributed by atoms with Gasteiger partial charge in [0.15, 0.2) is 0 Å². The van der Waals surface area contributed by atoms with Crippen LogP contribution in [0.15, 0.2) is 30.3 Å². The Balaban J connectivity index is 2.05. The predicted molar refractivity (Wildman–Crippen MR) is 89.7 cm³/mol. The fourth-order valence-corrected chi connectivity index (χ4v) is 2.51. The van der Waals surface area contributed by atoms with E-state index in [0.29, 0.717) is 5.02 Å². The van der Waals surface area contributed by atoms with Gasteiger partial charge in [-0.15, -0.1) is 0 Å². The number of carbonyl (C=O) groups is 1. The first kappa shape index (κ1) is 16.3. The van der Waals surface area contributed by atoms with E-state index >= 15 is 0 Å². The molecule has 0 fully saturated rings. The van der Waals surface area contributed by atoms with Crippen molar-refractivity contribution in [1.82, 2.24) is 15.1 Å². The van der Waals surface area contributed by atoms with E-state index in [1.807, 2.05) is 56.8 Å². The predicted octanol–water partition coefficient (Wildman–Crippen LogP) is 3.58. The number of nitrogens with zero attached hydrogens (tertiary/aromatic N) is 2. The standard InChI is InChI=1S/C17H20ClN3O/c1-11(14-6-5-7-15(18)10-14)19-17(22)9-8-16-12(2)20-21(4)13(16)3/h5-11H,1-4H3,(H,19,22)/b9-8+. The van der Waals surface area contributed by atoms with Gasteiger partial charge in [-0.25, -0.2) is 0 Å². The number of amides is 1. The van der Waals surface area contributed by atoms with Crippen molar-refractivity contribution in [1.29, 1.82) is 0 Å². The van der Waals surface area contributed by atoms with Crippen LogP contribution in [0.5, 0.6) is 0 Å². The Labute approximate surface area is 135 Å². The number of benzene rings is 1. The van der Waals surface area contributed by atoms with E-state index in [0.717, 1.165) is 22.5 Å². The first-order valence-corrected chi connectivity index (χ1v) is 7.50. The molecule has 0 bridgehead atoms. The van der Waals surface area contributed by atoms with Crippen molar-refractivity contribution in [3.8, 4) is 0 Å². The molecule has 0 aliphatic rings. The first-order chi connectivity index (χ1) is 10.4. The minimum absolute atomic E-state index is 0.105. The lowest BCUT2D eigenvalue weighted by atomic mass is 10.1. The van der Waals surface area contributed by atoms with Gasteiger partial charge < -0.3 is 5.32 Å². The lowest BCUT2D eigenvalue weighted by Crippen LogP contribution is -2.24. The maximum atomic E-state index is 12.1. The summed E-state index contributed by atoms with van der Waals surface area (Å²) in [6.07, 6.45) is 3.34. The third-order valence-corrected chi connectivity index (χ3v) is 3.91. The second-order valence-corrected chi connectivity index (χ2v) is 5.76. The van der Waals surface area contributed by atoms with Crippen LogP contribution >= 0.6 is 11.6 Å². The fourth-order valence-electron chi connectivity index (χ4n) is 2.31. The molecule has 0 radical (unpaired) electrons. The average Bonchev–Trinajstić information content (AvgIpc) is 2.70. The molecule has 0 saturated heterocycles. The summed E-state index contributed by atoms with van der Waals surface area (Å²) >= 11 is 5.97. The van der Waals surface area contributed by atoms with Crippen LogP contribution in [0.4, 0.5) is 0 Å². The van der Waals surface area contributed by atoms with Crippen molar-refractivity contribution < 1.29 is 4.79 Å². The molecule has 0 aliphatic carbocycles. The highest BCUT2D eigenvalue weighted by atomic mass is 35.5. The summed E-state index contributed by atoms with van der Waals surface area (Å²) in [4.78, 5) is 12.1. The van der Waals surface area contributed by atoms with Crippen LogP contribution < -0.4 is 5.32 Å². The maximum absolute atomic E-state index is 12.1. The average molecular weight is 318 g/mol. The number of hydrogen-bond acceptors (Lipinski definition) is 2. The molecule has 1 unspecified atom stereocenters. The molecule has 1 heterocycles. The molecule has 0 saturated carbocycles. The van der Waals surface area contributed by atoms with Crippen LogP contribution in [0.3, 0.4) is 0 Å². The molecule has 0 spiro atoms. The zero-order valence-electron chi connectivity index (χ0n) is 13.2. The molecule has 2 rings (SSSR count). The Morgan fingerprint density at radius 1 is 1.41 bits per heavy atom. The minimum atomic E-state index is -0.143. The summed E-state index contributed by atoms with van der Waals surface area (Å²) in [6, 6.07) is 7.38. The molecule has 1 aromatic heterocycles. The van der Waals surface area contributed by atoms with Crippen molar-refractivity contribution in [2.45, 2.75) is 26.8 Å². The minimum Gasteiger partial charge on any atom is -0.346 e. The molecule has 0 aliphatic heterocycles.